The molecular formula is C16H14ClN5O3. The maximum Gasteiger partial charge on any atom is 0.249 e. The van der Waals surface area contributed by atoms with Gasteiger partial charge in [-0.2, -0.15) is 5.10 Å². The Bertz CT molecular complexity index is 841. The van der Waals surface area contributed by atoms with Gasteiger partial charge in [0.2, 0.25) is 11.7 Å². The predicted octanol–water partition coefficient (Wildman–Crippen LogP) is 1.68. The second kappa shape index (κ2) is 7.27. The number of hydrogen-bond donors (Lipinski definition) is 2. The number of nitrogens with one attached hydrogen (secondary N) is 2. The van der Waals surface area contributed by atoms with Gasteiger partial charge < -0.3 is 10.1 Å². The van der Waals surface area contributed by atoms with Crippen molar-refractivity contribution in [2.75, 3.05) is 12.4 Å². The Morgan fingerprint density at radius 3 is 2.92 bits per heavy atom. The van der Waals surface area contributed by atoms with Crippen molar-refractivity contribution in [2.45, 2.75) is 12.5 Å². The third kappa shape index (κ3) is 3.74. The van der Waals surface area contributed by atoms with Crippen LogP contribution in [-0.4, -0.2) is 40.5 Å². The van der Waals surface area contributed by atoms with Crippen LogP contribution in [0.15, 0.2) is 41.9 Å². The molecule has 2 N–H and O–H groups in total. The molecule has 1 aliphatic heterocycles. The number of hydrogen-bond acceptors (Lipinski definition) is 7. The number of benzene rings is 1. The number of carbonyl (C=O) groups is 2. The van der Waals surface area contributed by atoms with E-state index in [2.05, 4.69) is 25.8 Å². The number of carbonyl (C=O) groups excluding carboxylic acids is 2. The molecule has 128 valence electrons. The lowest BCUT2D eigenvalue weighted by Crippen LogP contribution is -2.35. The third-order valence-electron chi connectivity index (χ3n) is 3.55. The quantitative estimate of drug-likeness (QED) is 0.787. The molecular weight excluding hydrogens is 346 g/mol. The standard InChI is InChI=1S/C16H14ClN5O3/c1-25-14-3-2-9(17)6-10(14)20-16(24)12-7-11(21-22-12)15(23)13-8-18-4-5-19-13/h2-6,8,12,22H,7H2,1H3,(H,20,24). The van der Waals surface area contributed by atoms with Gasteiger partial charge >= 0.3 is 0 Å². The van der Waals surface area contributed by atoms with Gasteiger partial charge in [-0.25, -0.2) is 4.98 Å². The van der Waals surface area contributed by atoms with Crippen LogP contribution in [0.5, 0.6) is 5.75 Å². The number of ketones is 1. The van der Waals surface area contributed by atoms with Gasteiger partial charge in [-0.05, 0) is 18.2 Å². The van der Waals surface area contributed by atoms with E-state index in [9.17, 15) is 9.59 Å². The Hall–Kier alpha value is -3.00. The van der Waals surface area contributed by atoms with E-state index in [0.29, 0.717) is 16.5 Å². The molecule has 0 spiro atoms. The van der Waals surface area contributed by atoms with Crippen molar-refractivity contribution >= 4 is 34.7 Å². The first-order valence-electron chi connectivity index (χ1n) is 7.35. The predicted molar refractivity (Wildman–Crippen MR) is 92.0 cm³/mol. The van der Waals surface area contributed by atoms with E-state index in [1.54, 1.807) is 18.2 Å². The van der Waals surface area contributed by atoms with E-state index in [4.69, 9.17) is 16.3 Å². The summed E-state index contributed by atoms with van der Waals surface area (Å²) >= 11 is 5.95. The average Bonchev–Trinajstić information content (AvgIpc) is 3.12. The van der Waals surface area contributed by atoms with Gasteiger partial charge in [-0.1, -0.05) is 11.6 Å². The molecule has 0 radical (unpaired) electrons. The lowest BCUT2D eigenvalue weighted by Gasteiger charge is -2.13. The molecule has 0 saturated carbocycles. The van der Waals surface area contributed by atoms with Gasteiger partial charge in [-0.15, -0.1) is 0 Å². The second-order valence-corrected chi connectivity index (χ2v) is 5.63. The molecule has 25 heavy (non-hydrogen) atoms. The fourth-order valence-corrected chi connectivity index (χ4v) is 2.47. The lowest BCUT2D eigenvalue weighted by molar-refractivity contribution is -0.117. The fraction of sp³-hybridized carbons (Fsp3) is 0.188. The highest BCUT2D eigenvalue weighted by Crippen LogP contribution is 2.28. The van der Waals surface area contributed by atoms with E-state index in [-0.39, 0.29) is 29.5 Å². The summed E-state index contributed by atoms with van der Waals surface area (Å²) < 4.78 is 5.19. The molecule has 2 aromatic rings. The number of methoxy groups -OCH3 is 1. The van der Waals surface area contributed by atoms with Crippen LogP contribution >= 0.6 is 11.6 Å². The van der Waals surface area contributed by atoms with Crippen LogP contribution in [0.2, 0.25) is 5.02 Å². The molecule has 1 atom stereocenters. The van der Waals surface area contributed by atoms with E-state index in [0.717, 1.165) is 0 Å². The van der Waals surface area contributed by atoms with Crippen molar-refractivity contribution in [1.82, 2.24) is 15.4 Å². The summed E-state index contributed by atoms with van der Waals surface area (Å²) in [6, 6.07) is 4.21. The minimum atomic E-state index is -0.681. The number of anilines is 1. The van der Waals surface area contributed by atoms with Crippen LogP contribution in [-0.2, 0) is 4.79 Å². The summed E-state index contributed by atoms with van der Waals surface area (Å²) in [6.45, 7) is 0. The number of amides is 1. The van der Waals surface area contributed by atoms with Crippen molar-refractivity contribution in [3.63, 3.8) is 0 Å². The largest absolute Gasteiger partial charge is 0.495 e. The van der Waals surface area contributed by atoms with Crippen LogP contribution in [0, 0.1) is 0 Å². The Morgan fingerprint density at radius 1 is 1.36 bits per heavy atom. The molecule has 0 aliphatic carbocycles. The second-order valence-electron chi connectivity index (χ2n) is 5.20. The van der Waals surface area contributed by atoms with Gasteiger partial charge in [-0.3, -0.25) is 20.0 Å². The Morgan fingerprint density at radius 2 is 2.20 bits per heavy atom. The Labute approximate surface area is 148 Å². The first-order valence-corrected chi connectivity index (χ1v) is 7.73. The van der Waals surface area contributed by atoms with Gasteiger partial charge in [0.25, 0.3) is 0 Å². The summed E-state index contributed by atoms with van der Waals surface area (Å²) in [5.74, 6) is -0.241. The number of hydrazone groups is 1. The van der Waals surface area contributed by atoms with E-state index < -0.39 is 6.04 Å². The molecule has 1 unspecified atom stereocenters. The summed E-state index contributed by atoms with van der Waals surface area (Å²) in [5.41, 5.74) is 3.51. The number of ether oxygens (including phenoxy) is 1. The molecule has 1 amide bonds. The topological polar surface area (TPSA) is 106 Å². The number of Topliss-reactive ketones (excluding diaryl/α,β-unsaturated/α-hetero) is 1. The third-order valence-corrected chi connectivity index (χ3v) is 3.78. The van der Waals surface area contributed by atoms with Crippen molar-refractivity contribution in [1.29, 1.82) is 0 Å². The highest BCUT2D eigenvalue weighted by atomic mass is 35.5. The first kappa shape index (κ1) is 16.8. The highest BCUT2D eigenvalue weighted by Gasteiger charge is 2.30. The maximum atomic E-state index is 12.4. The summed E-state index contributed by atoms with van der Waals surface area (Å²) in [6.07, 6.45) is 4.39. The zero-order valence-corrected chi connectivity index (χ0v) is 13.9. The molecule has 2 heterocycles. The van der Waals surface area contributed by atoms with Gasteiger partial charge in [0.1, 0.15) is 23.2 Å². The minimum Gasteiger partial charge on any atom is -0.495 e. The number of halogens is 1. The number of nitrogens with zero attached hydrogens (tertiary/aromatic N) is 3. The van der Waals surface area contributed by atoms with E-state index in [1.165, 1.54) is 25.7 Å². The number of rotatable bonds is 5. The minimum absolute atomic E-state index is 0.143. The monoisotopic (exact) mass is 359 g/mol. The highest BCUT2D eigenvalue weighted by molar-refractivity contribution is 6.46. The smallest absolute Gasteiger partial charge is 0.249 e. The van der Waals surface area contributed by atoms with Crippen LogP contribution < -0.4 is 15.5 Å². The Balaban J connectivity index is 1.66. The van der Waals surface area contributed by atoms with E-state index in [1.807, 2.05) is 0 Å². The molecule has 1 aromatic heterocycles. The molecule has 0 fully saturated rings. The molecule has 1 aromatic carbocycles. The summed E-state index contributed by atoms with van der Waals surface area (Å²) in [7, 11) is 1.49. The van der Waals surface area contributed by atoms with Crippen LogP contribution in [0.4, 0.5) is 5.69 Å². The molecule has 3 rings (SSSR count). The van der Waals surface area contributed by atoms with Crippen molar-refractivity contribution < 1.29 is 14.3 Å². The van der Waals surface area contributed by atoms with Crippen molar-refractivity contribution in [2.24, 2.45) is 5.10 Å². The van der Waals surface area contributed by atoms with Gasteiger partial charge in [0, 0.05) is 23.8 Å². The SMILES string of the molecule is COc1ccc(Cl)cc1NC(=O)C1CC(C(=O)c2cnccn2)=NN1. The zero-order chi connectivity index (χ0) is 17.8. The maximum absolute atomic E-state index is 12.4. The lowest BCUT2D eigenvalue weighted by atomic mass is 10.1. The van der Waals surface area contributed by atoms with Gasteiger partial charge in [0.15, 0.2) is 0 Å². The first-order chi connectivity index (χ1) is 12.1. The number of aromatic nitrogens is 2. The van der Waals surface area contributed by atoms with Gasteiger partial charge in [0.05, 0.1) is 19.0 Å². The van der Waals surface area contributed by atoms with Crippen molar-refractivity contribution in [3.8, 4) is 5.75 Å². The Kier molecular flexibility index (Phi) is 4.90. The summed E-state index contributed by atoms with van der Waals surface area (Å²) in [4.78, 5) is 32.5. The molecule has 1 aliphatic rings. The summed E-state index contributed by atoms with van der Waals surface area (Å²) in [5, 5.41) is 7.13. The molecule has 8 nitrogen and oxygen atoms in total. The molecule has 0 saturated heterocycles. The van der Waals surface area contributed by atoms with Crippen molar-refractivity contribution in [3.05, 3.63) is 47.5 Å². The van der Waals surface area contributed by atoms with Crippen LogP contribution in [0.1, 0.15) is 16.9 Å². The molecule has 9 heteroatoms. The van der Waals surface area contributed by atoms with E-state index >= 15 is 0 Å². The zero-order valence-electron chi connectivity index (χ0n) is 13.2. The fourth-order valence-electron chi connectivity index (χ4n) is 2.30. The van der Waals surface area contributed by atoms with Crippen LogP contribution in [0.25, 0.3) is 0 Å². The van der Waals surface area contributed by atoms with Crippen LogP contribution in [0.3, 0.4) is 0 Å². The normalized spacial score (nSPS) is 15.9. The average molecular weight is 360 g/mol. The molecule has 0 bridgehead atoms.